The molecule has 20 heavy (non-hydrogen) atoms. The summed E-state index contributed by atoms with van der Waals surface area (Å²) < 4.78 is 6.53. The Kier molecular flexibility index (Phi) is 3.47. The number of aliphatic hydroxyl groups is 1. The van der Waals surface area contributed by atoms with Crippen molar-refractivity contribution in [3.63, 3.8) is 0 Å². The second kappa shape index (κ2) is 5.27. The first-order valence-corrected chi connectivity index (χ1v) is 6.33. The first-order chi connectivity index (χ1) is 9.65. The van der Waals surface area contributed by atoms with E-state index in [2.05, 4.69) is 30.4 Å². The molecule has 3 heterocycles. The first kappa shape index (κ1) is 13.2. The maximum absolute atomic E-state index is 10.2. The lowest BCUT2D eigenvalue weighted by Crippen LogP contribution is -2.37. The molecule has 0 aromatic carbocycles. The number of hydrogen-bond acceptors (Lipinski definition) is 8. The number of nitrogens with one attached hydrogen (secondary N) is 1. The minimum Gasteiger partial charge on any atom is -0.386 e. The SMILES string of the molecule is OC1(CNc2nc(Cl)nc(-n3cncn3)n2)CCOC1. The molecule has 0 bridgehead atoms. The lowest BCUT2D eigenvalue weighted by molar-refractivity contribution is 0.0380. The topological polar surface area (TPSA) is 111 Å². The minimum absolute atomic E-state index is 0.0302. The van der Waals surface area contributed by atoms with Crippen LogP contribution < -0.4 is 5.32 Å². The lowest BCUT2D eigenvalue weighted by atomic mass is 10.0. The highest BCUT2D eigenvalue weighted by atomic mass is 35.5. The lowest BCUT2D eigenvalue weighted by Gasteiger charge is -2.20. The van der Waals surface area contributed by atoms with Crippen LogP contribution in [0.1, 0.15) is 6.42 Å². The number of nitrogens with zero attached hydrogens (tertiary/aromatic N) is 6. The predicted octanol–water partition coefficient (Wildman–Crippen LogP) is -0.331. The summed E-state index contributed by atoms with van der Waals surface area (Å²) in [6.45, 7) is 1.10. The van der Waals surface area contributed by atoms with Gasteiger partial charge < -0.3 is 15.2 Å². The highest BCUT2D eigenvalue weighted by molar-refractivity contribution is 6.28. The van der Waals surface area contributed by atoms with E-state index in [1.54, 1.807) is 0 Å². The average molecular weight is 298 g/mol. The summed E-state index contributed by atoms with van der Waals surface area (Å²) in [5.74, 6) is 0.510. The van der Waals surface area contributed by atoms with Gasteiger partial charge in [0.1, 0.15) is 18.3 Å². The summed E-state index contributed by atoms with van der Waals surface area (Å²) in [5.41, 5.74) is -0.910. The molecular weight excluding hydrogens is 286 g/mol. The zero-order chi connectivity index (χ0) is 14.0. The van der Waals surface area contributed by atoms with Gasteiger partial charge in [-0.15, -0.1) is 0 Å². The van der Waals surface area contributed by atoms with E-state index in [1.165, 1.54) is 17.3 Å². The Morgan fingerprint density at radius 3 is 3.05 bits per heavy atom. The van der Waals surface area contributed by atoms with E-state index < -0.39 is 5.60 Å². The van der Waals surface area contributed by atoms with Crippen molar-refractivity contribution in [2.45, 2.75) is 12.0 Å². The van der Waals surface area contributed by atoms with E-state index in [-0.39, 0.29) is 30.3 Å². The van der Waals surface area contributed by atoms with Crippen molar-refractivity contribution >= 4 is 17.5 Å². The molecule has 2 N–H and O–H groups in total. The van der Waals surface area contributed by atoms with Crippen molar-refractivity contribution in [3.8, 4) is 5.95 Å². The van der Waals surface area contributed by atoms with Crippen molar-refractivity contribution in [2.75, 3.05) is 25.1 Å². The van der Waals surface area contributed by atoms with E-state index in [0.717, 1.165) is 0 Å². The second-order valence-electron chi connectivity index (χ2n) is 4.45. The van der Waals surface area contributed by atoms with Crippen LogP contribution in [-0.2, 0) is 4.74 Å². The normalized spacial score (nSPS) is 22.1. The number of anilines is 1. The van der Waals surface area contributed by atoms with Crippen LogP contribution >= 0.6 is 11.6 Å². The van der Waals surface area contributed by atoms with Crippen LogP contribution in [0.5, 0.6) is 0 Å². The van der Waals surface area contributed by atoms with Gasteiger partial charge >= 0.3 is 0 Å². The van der Waals surface area contributed by atoms with Crippen LogP contribution in [0, 0.1) is 0 Å². The third kappa shape index (κ3) is 2.84. The molecule has 1 unspecified atom stereocenters. The molecular formula is C10H12ClN7O2. The summed E-state index contributed by atoms with van der Waals surface area (Å²) in [7, 11) is 0. The number of halogens is 1. The fourth-order valence-corrected chi connectivity index (χ4v) is 1.97. The molecule has 0 radical (unpaired) electrons. The van der Waals surface area contributed by atoms with Crippen LogP contribution in [0.15, 0.2) is 12.7 Å². The van der Waals surface area contributed by atoms with Crippen molar-refractivity contribution in [3.05, 3.63) is 17.9 Å². The summed E-state index contributed by atoms with van der Waals surface area (Å²) in [6.07, 6.45) is 3.38. The smallest absolute Gasteiger partial charge is 0.258 e. The fraction of sp³-hybridized carbons (Fsp3) is 0.500. The van der Waals surface area contributed by atoms with Crippen molar-refractivity contribution < 1.29 is 9.84 Å². The molecule has 1 aliphatic heterocycles. The van der Waals surface area contributed by atoms with E-state index in [1.807, 2.05) is 0 Å². The van der Waals surface area contributed by atoms with Gasteiger partial charge in [-0.1, -0.05) is 0 Å². The minimum atomic E-state index is -0.910. The summed E-state index contributed by atoms with van der Waals surface area (Å²) in [5, 5.41) is 17.0. The fourth-order valence-electron chi connectivity index (χ4n) is 1.81. The molecule has 1 saturated heterocycles. The van der Waals surface area contributed by atoms with Gasteiger partial charge in [0.15, 0.2) is 0 Å². The van der Waals surface area contributed by atoms with E-state index in [0.29, 0.717) is 13.0 Å². The highest BCUT2D eigenvalue weighted by Crippen LogP contribution is 2.18. The molecule has 2 aromatic heterocycles. The Morgan fingerprint density at radius 1 is 1.45 bits per heavy atom. The maximum atomic E-state index is 10.2. The van der Waals surface area contributed by atoms with Gasteiger partial charge in [-0.05, 0) is 11.6 Å². The molecule has 106 valence electrons. The molecule has 10 heteroatoms. The zero-order valence-corrected chi connectivity index (χ0v) is 11.2. The molecule has 1 fully saturated rings. The molecule has 0 aliphatic carbocycles. The van der Waals surface area contributed by atoms with Gasteiger partial charge in [0.05, 0.1) is 6.61 Å². The number of aromatic nitrogens is 6. The quantitative estimate of drug-likeness (QED) is 0.789. The molecule has 1 aliphatic rings. The van der Waals surface area contributed by atoms with Gasteiger partial charge in [0.25, 0.3) is 5.95 Å². The van der Waals surface area contributed by atoms with E-state index in [4.69, 9.17) is 16.3 Å². The summed E-state index contributed by atoms with van der Waals surface area (Å²) in [4.78, 5) is 15.9. The third-order valence-corrected chi connectivity index (χ3v) is 3.05. The van der Waals surface area contributed by atoms with Crippen molar-refractivity contribution in [1.82, 2.24) is 29.7 Å². The average Bonchev–Trinajstić information content (AvgIpc) is 3.08. The highest BCUT2D eigenvalue weighted by Gasteiger charge is 2.32. The maximum Gasteiger partial charge on any atom is 0.258 e. The first-order valence-electron chi connectivity index (χ1n) is 5.95. The standard InChI is InChI=1S/C10H12ClN7O2/c11-7-15-8(13-3-10(19)1-2-20-4-10)17-9(16-7)18-6-12-5-14-18/h5-6,19H,1-4H2,(H,13,15,16,17). The van der Waals surface area contributed by atoms with E-state index >= 15 is 0 Å². The molecule has 1 atom stereocenters. The molecule has 0 saturated carbocycles. The summed E-state index contributed by atoms with van der Waals surface area (Å²) >= 11 is 5.85. The molecule has 3 rings (SSSR count). The van der Waals surface area contributed by atoms with Crippen LogP contribution in [0.25, 0.3) is 5.95 Å². The van der Waals surface area contributed by atoms with Gasteiger partial charge in [-0.2, -0.15) is 24.7 Å². The van der Waals surface area contributed by atoms with E-state index in [9.17, 15) is 5.11 Å². The Hall–Kier alpha value is -1.84. The molecule has 9 nitrogen and oxygen atoms in total. The molecule has 2 aromatic rings. The van der Waals surface area contributed by atoms with Crippen molar-refractivity contribution in [1.29, 1.82) is 0 Å². The van der Waals surface area contributed by atoms with Crippen LogP contribution in [0.2, 0.25) is 5.28 Å². The number of ether oxygens (including phenoxy) is 1. The molecule has 0 amide bonds. The predicted molar refractivity (Wildman–Crippen MR) is 68.6 cm³/mol. The Labute approximate surface area is 119 Å². The Morgan fingerprint density at radius 2 is 2.35 bits per heavy atom. The monoisotopic (exact) mass is 297 g/mol. The third-order valence-electron chi connectivity index (χ3n) is 2.88. The second-order valence-corrected chi connectivity index (χ2v) is 4.79. The van der Waals surface area contributed by atoms with Crippen LogP contribution in [0.3, 0.4) is 0 Å². The van der Waals surface area contributed by atoms with Gasteiger partial charge in [0, 0.05) is 19.6 Å². The van der Waals surface area contributed by atoms with Gasteiger partial charge in [-0.3, -0.25) is 0 Å². The largest absolute Gasteiger partial charge is 0.386 e. The zero-order valence-electron chi connectivity index (χ0n) is 10.4. The number of hydrogen-bond donors (Lipinski definition) is 2. The van der Waals surface area contributed by atoms with Gasteiger partial charge in [-0.25, -0.2) is 4.98 Å². The van der Waals surface area contributed by atoms with Gasteiger partial charge in [0.2, 0.25) is 11.2 Å². The summed E-state index contributed by atoms with van der Waals surface area (Å²) in [6, 6.07) is 0. The number of rotatable bonds is 4. The van der Waals surface area contributed by atoms with Crippen LogP contribution in [-0.4, -0.2) is 60.2 Å². The van der Waals surface area contributed by atoms with Crippen molar-refractivity contribution in [2.24, 2.45) is 0 Å². The molecule has 0 spiro atoms. The van der Waals surface area contributed by atoms with Crippen LogP contribution in [0.4, 0.5) is 5.95 Å². The Balaban J connectivity index is 1.76. The Bertz CT molecular complexity index is 585.